The Morgan fingerprint density at radius 1 is 1.41 bits per heavy atom. The third-order valence-corrected chi connectivity index (χ3v) is 4.87. The van der Waals surface area contributed by atoms with E-state index in [4.69, 9.17) is 16.3 Å². The minimum Gasteiger partial charge on any atom is -0.465 e. The highest BCUT2D eigenvalue weighted by atomic mass is 35.5. The van der Waals surface area contributed by atoms with Crippen molar-refractivity contribution in [2.45, 2.75) is 30.7 Å². The summed E-state index contributed by atoms with van der Waals surface area (Å²) in [7, 11) is -0.613. The molecule has 0 spiro atoms. The average Bonchev–Trinajstić information content (AvgIpc) is 2.20. The number of carbonyl (C=O) groups excluding carboxylic acids is 1. The van der Waals surface area contributed by atoms with Crippen LogP contribution in [0.3, 0.4) is 0 Å². The van der Waals surface area contributed by atoms with Crippen molar-refractivity contribution in [1.29, 1.82) is 0 Å². The minimum atomic E-state index is -0.613. The first-order valence-electron chi connectivity index (χ1n) is 5.94. The molecule has 0 saturated heterocycles. The van der Waals surface area contributed by atoms with Gasteiger partial charge in [-0.3, -0.25) is 4.79 Å². The van der Waals surface area contributed by atoms with Crippen molar-refractivity contribution in [2.24, 2.45) is 5.92 Å². The van der Waals surface area contributed by atoms with Crippen molar-refractivity contribution < 1.29 is 14.6 Å². The second-order valence-electron chi connectivity index (χ2n) is 5.56. The Morgan fingerprint density at radius 2 is 2.06 bits per heavy atom. The summed E-state index contributed by atoms with van der Waals surface area (Å²) in [5.74, 6) is 0.667. The van der Waals surface area contributed by atoms with E-state index >= 15 is 0 Å². The molecule has 1 N–H and O–H groups in total. The van der Waals surface area contributed by atoms with Crippen LogP contribution in [0, 0.1) is 5.92 Å². The lowest BCUT2D eigenvalue weighted by Gasteiger charge is -2.29. The Bertz CT molecular complexity index is 265. The van der Waals surface area contributed by atoms with E-state index in [1.165, 1.54) is 0 Å². The first-order chi connectivity index (χ1) is 7.79. The number of carbonyl (C=O) groups is 1. The smallest absolute Gasteiger partial charge is 0.309 e. The van der Waals surface area contributed by atoms with Crippen molar-refractivity contribution >= 4 is 27.6 Å². The van der Waals surface area contributed by atoms with Crippen LogP contribution in [0.2, 0.25) is 0 Å². The number of aliphatic hydroxyl groups is 1. The van der Waals surface area contributed by atoms with E-state index < -0.39 is 16.1 Å². The van der Waals surface area contributed by atoms with Crippen LogP contribution >= 0.6 is 21.6 Å². The predicted molar refractivity (Wildman–Crippen MR) is 74.2 cm³/mol. The number of esters is 1. The van der Waals surface area contributed by atoms with Gasteiger partial charge in [0.15, 0.2) is 0 Å². The molecular weight excluding hydrogens is 260 g/mol. The van der Waals surface area contributed by atoms with Gasteiger partial charge in [0.1, 0.15) is 0 Å². The standard InChI is InChI=1S/C12H23ClO3S/c1-17(2,3)7-6-16-12(15)9-4-5-11(14)10(13)8-9/h9-11,14H,4-8H2,1-3H3. The van der Waals surface area contributed by atoms with E-state index in [1.807, 2.05) is 0 Å². The maximum atomic E-state index is 11.8. The molecule has 5 heteroatoms. The summed E-state index contributed by atoms with van der Waals surface area (Å²) in [6.07, 6.45) is 7.94. The van der Waals surface area contributed by atoms with Crippen LogP contribution in [0.15, 0.2) is 0 Å². The van der Waals surface area contributed by atoms with Gasteiger partial charge in [-0.15, -0.1) is 11.6 Å². The SMILES string of the molecule is CS(C)(C)CCOC(=O)C1CCC(O)C(Cl)C1. The van der Waals surface area contributed by atoms with E-state index in [-0.39, 0.29) is 17.3 Å². The molecular formula is C12H23ClO3S. The molecule has 3 atom stereocenters. The molecule has 0 heterocycles. The van der Waals surface area contributed by atoms with Crippen LogP contribution in [-0.4, -0.2) is 53.7 Å². The second-order valence-corrected chi connectivity index (χ2v) is 10.7. The summed E-state index contributed by atoms with van der Waals surface area (Å²) in [5.41, 5.74) is 0. The molecule has 1 saturated carbocycles. The van der Waals surface area contributed by atoms with Crippen molar-refractivity contribution in [3.05, 3.63) is 0 Å². The van der Waals surface area contributed by atoms with Gasteiger partial charge in [-0.05, 0) is 38.0 Å². The van der Waals surface area contributed by atoms with Gasteiger partial charge < -0.3 is 9.84 Å². The number of alkyl halides is 1. The number of hydrogen-bond acceptors (Lipinski definition) is 3. The summed E-state index contributed by atoms with van der Waals surface area (Å²) >= 11 is 5.96. The number of rotatable bonds is 4. The van der Waals surface area contributed by atoms with Gasteiger partial charge in [0.2, 0.25) is 0 Å². The largest absolute Gasteiger partial charge is 0.465 e. The molecule has 0 aliphatic heterocycles. The van der Waals surface area contributed by atoms with E-state index in [9.17, 15) is 9.90 Å². The summed E-state index contributed by atoms with van der Waals surface area (Å²) in [4.78, 5) is 11.8. The number of aliphatic hydroxyl groups excluding tert-OH is 1. The number of hydrogen-bond donors (Lipinski definition) is 1. The summed E-state index contributed by atoms with van der Waals surface area (Å²) in [5, 5.41) is 9.17. The van der Waals surface area contributed by atoms with Crippen LogP contribution < -0.4 is 0 Å². The van der Waals surface area contributed by atoms with Crippen molar-refractivity contribution in [2.75, 3.05) is 31.1 Å². The van der Waals surface area contributed by atoms with Crippen LogP contribution in [0.5, 0.6) is 0 Å². The highest BCUT2D eigenvalue weighted by Gasteiger charge is 2.32. The zero-order valence-corrected chi connectivity index (χ0v) is 12.4. The Morgan fingerprint density at radius 3 is 2.59 bits per heavy atom. The molecule has 0 aromatic carbocycles. The second kappa shape index (κ2) is 6.30. The number of halogens is 1. The fraction of sp³-hybridized carbons (Fsp3) is 0.917. The minimum absolute atomic E-state index is 0.129. The molecule has 0 aromatic heterocycles. The highest BCUT2D eigenvalue weighted by Crippen LogP contribution is 2.34. The van der Waals surface area contributed by atoms with Gasteiger partial charge in [0, 0.05) is 5.75 Å². The van der Waals surface area contributed by atoms with Crippen LogP contribution in [0.25, 0.3) is 0 Å². The number of ether oxygens (including phenoxy) is 1. The van der Waals surface area contributed by atoms with E-state index in [1.54, 1.807) is 0 Å². The topological polar surface area (TPSA) is 46.5 Å². The van der Waals surface area contributed by atoms with E-state index in [2.05, 4.69) is 18.8 Å². The lowest BCUT2D eigenvalue weighted by atomic mass is 9.87. The van der Waals surface area contributed by atoms with Crippen LogP contribution in [-0.2, 0) is 9.53 Å². The van der Waals surface area contributed by atoms with Gasteiger partial charge in [-0.25, -0.2) is 10.0 Å². The van der Waals surface area contributed by atoms with Crippen LogP contribution in [0.4, 0.5) is 0 Å². The molecule has 3 nitrogen and oxygen atoms in total. The van der Waals surface area contributed by atoms with Gasteiger partial charge in [0.05, 0.1) is 24.0 Å². The summed E-state index contributed by atoms with van der Waals surface area (Å²) in [6, 6.07) is 0. The fourth-order valence-electron chi connectivity index (χ4n) is 1.82. The maximum absolute atomic E-state index is 11.8. The molecule has 1 aliphatic carbocycles. The fourth-order valence-corrected chi connectivity index (χ4v) is 2.75. The molecule has 102 valence electrons. The zero-order valence-electron chi connectivity index (χ0n) is 10.8. The summed E-state index contributed by atoms with van der Waals surface area (Å²) < 4.78 is 5.28. The van der Waals surface area contributed by atoms with E-state index in [0.29, 0.717) is 25.9 Å². The Labute approximate surface area is 110 Å². The lowest BCUT2D eigenvalue weighted by molar-refractivity contribution is -0.149. The molecule has 0 aromatic rings. The maximum Gasteiger partial charge on any atom is 0.309 e. The van der Waals surface area contributed by atoms with Gasteiger partial charge >= 0.3 is 5.97 Å². The first-order valence-corrected chi connectivity index (χ1v) is 9.41. The Balaban J connectivity index is 2.29. The first kappa shape index (κ1) is 15.1. The van der Waals surface area contributed by atoms with E-state index in [0.717, 1.165) is 5.75 Å². The quantitative estimate of drug-likeness (QED) is 0.634. The Hall–Kier alpha value is 0.0700. The molecule has 17 heavy (non-hydrogen) atoms. The zero-order chi connectivity index (χ0) is 13.1. The van der Waals surface area contributed by atoms with Gasteiger partial charge in [-0.1, -0.05) is 0 Å². The van der Waals surface area contributed by atoms with Gasteiger partial charge in [0.25, 0.3) is 0 Å². The predicted octanol–water partition coefficient (Wildman–Crippen LogP) is 1.99. The van der Waals surface area contributed by atoms with Crippen molar-refractivity contribution in [1.82, 2.24) is 0 Å². The van der Waals surface area contributed by atoms with Crippen molar-refractivity contribution in [3.63, 3.8) is 0 Å². The Kier molecular flexibility index (Phi) is 5.61. The molecule has 1 fully saturated rings. The molecule has 0 amide bonds. The van der Waals surface area contributed by atoms with Crippen LogP contribution in [0.1, 0.15) is 19.3 Å². The third kappa shape index (κ3) is 5.49. The normalized spacial score (nSPS) is 31.0. The van der Waals surface area contributed by atoms with Gasteiger partial charge in [-0.2, -0.15) is 0 Å². The van der Waals surface area contributed by atoms with Crippen molar-refractivity contribution in [3.8, 4) is 0 Å². The summed E-state index contributed by atoms with van der Waals surface area (Å²) in [6.45, 7) is 0.504. The molecule has 0 radical (unpaired) electrons. The molecule has 1 aliphatic rings. The lowest BCUT2D eigenvalue weighted by Crippen LogP contribution is -2.34. The monoisotopic (exact) mass is 282 g/mol. The average molecular weight is 283 g/mol. The molecule has 3 unspecified atom stereocenters. The molecule has 1 rings (SSSR count). The molecule has 0 bridgehead atoms. The highest BCUT2D eigenvalue weighted by molar-refractivity contribution is 8.32. The third-order valence-electron chi connectivity index (χ3n) is 3.01.